The average Bonchev–Trinajstić information content (AvgIpc) is 2.15. The number of hydrogen-bond donors (Lipinski definition) is 1. The second kappa shape index (κ2) is 5.17. The van der Waals surface area contributed by atoms with Crippen molar-refractivity contribution in [3.63, 3.8) is 0 Å². The monoisotopic (exact) mass is 218 g/mol. The highest BCUT2D eigenvalue weighted by atomic mass is 35.5. The van der Waals surface area contributed by atoms with Gasteiger partial charge in [-0.1, -0.05) is 17.7 Å². The molecule has 0 saturated carbocycles. The maximum Gasteiger partial charge on any atom is 0.138 e. The lowest BCUT2D eigenvalue weighted by Gasteiger charge is -2.09. The van der Waals surface area contributed by atoms with Gasteiger partial charge in [0, 0.05) is 0 Å². The van der Waals surface area contributed by atoms with Crippen LogP contribution in [0.3, 0.4) is 0 Å². The lowest BCUT2D eigenvalue weighted by Crippen LogP contribution is -2.00. The van der Waals surface area contributed by atoms with Crippen LogP contribution in [0.4, 0.5) is 4.39 Å². The largest absolute Gasteiger partial charge is 0.489 e. The Kier molecular flexibility index (Phi) is 4.17. The first kappa shape index (κ1) is 11.3. The van der Waals surface area contributed by atoms with Crippen LogP contribution in [0.1, 0.15) is 18.6 Å². The van der Waals surface area contributed by atoms with Crippen molar-refractivity contribution in [2.24, 2.45) is 0 Å². The van der Waals surface area contributed by atoms with Gasteiger partial charge in [-0.25, -0.2) is 4.39 Å². The summed E-state index contributed by atoms with van der Waals surface area (Å²) in [4.78, 5) is 0. The van der Waals surface area contributed by atoms with Crippen LogP contribution in [0.5, 0.6) is 5.75 Å². The van der Waals surface area contributed by atoms with Crippen LogP contribution in [0.25, 0.3) is 0 Å². The van der Waals surface area contributed by atoms with E-state index < -0.39 is 12.8 Å². The number of aliphatic hydroxyl groups is 1. The van der Waals surface area contributed by atoms with E-state index in [4.69, 9.17) is 16.3 Å². The Morgan fingerprint density at radius 3 is 2.79 bits per heavy atom. The van der Waals surface area contributed by atoms with Crippen LogP contribution in [0.2, 0.25) is 5.02 Å². The minimum absolute atomic E-state index is 0.00621. The van der Waals surface area contributed by atoms with E-state index in [1.54, 1.807) is 25.1 Å². The standard InChI is InChI=1S/C10H12ClFO2/c1-7(13)8-2-3-10(9(11)6-8)14-5-4-12/h2-3,6-7,13H,4-5H2,1H3/t7-/m1/s1. The van der Waals surface area contributed by atoms with Gasteiger partial charge in [0.2, 0.25) is 0 Å². The summed E-state index contributed by atoms with van der Waals surface area (Å²) < 4.78 is 16.8. The van der Waals surface area contributed by atoms with Crippen molar-refractivity contribution >= 4 is 11.6 Å². The predicted molar refractivity (Wildman–Crippen MR) is 53.6 cm³/mol. The SMILES string of the molecule is C[C@@H](O)c1ccc(OCCF)c(Cl)c1. The molecule has 0 amide bonds. The summed E-state index contributed by atoms with van der Waals surface area (Å²) in [7, 11) is 0. The normalized spacial score (nSPS) is 12.6. The molecular weight excluding hydrogens is 207 g/mol. The van der Waals surface area contributed by atoms with Crippen molar-refractivity contribution in [1.82, 2.24) is 0 Å². The number of aliphatic hydroxyl groups excluding tert-OH is 1. The molecule has 0 spiro atoms. The molecule has 2 nitrogen and oxygen atoms in total. The molecule has 1 rings (SSSR count). The van der Waals surface area contributed by atoms with Gasteiger partial charge in [-0.15, -0.1) is 0 Å². The third-order valence-electron chi connectivity index (χ3n) is 1.77. The van der Waals surface area contributed by atoms with Crippen molar-refractivity contribution in [3.8, 4) is 5.75 Å². The summed E-state index contributed by atoms with van der Waals surface area (Å²) >= 11 is 5.85. The van der Waals surface area contributed by atoms with Gasteiger partial charge in [-0.2, -0.15) is 0 Å². The second-order valence-corrected chi connectivity index (χ2v) is 3.31. The van der Waals surface area contributed by atoms with Crippen LogP contribution in [0, 0.1) is 0 Å². The molecule has 14 heavy (non-hydrogen) atoms. The first-order valence-corrected chi connectivity index (χ1v) is 4.69. The van der Waals surface area contributed by atoms with E-state index in [0.29, 0.717) is 16.3 Å². The van der Waals surface area contributed by atoms with Gasteiger partial charge >= 0.3 is 0 Å². The van der Waals surface area contributed by atoms with Crippen LogP contribution < -0.4 is 4.74 Å². The molecule has 0 aromatic heterocycles. The summed E-state index contributed by atoms with van der Waals surface area (Å²) in [6, 6.07) is 4.93. The van der Waals surface area contributed by atoms with Gasteiger partial charge in [-0.3, -0.25) is 0 Å². The quantitative estimate of drug-likeness (QED) is 0.842. The fourth-order valence-electron chi connectivity index (χ4n) is 1.04. The number of ether oxygens (including phenoxy) is 1. The van der Waals surface area contributed by atoms with E-state index in [2.05, 4.69) is 0 Å². The molecule has 0 unspecified atom stereocenters. The van der Waals surface area contributed by atoms with E-state index in [-0.39, 0.29) is 6.61 Å². The number of rotatable bonds is 4. The molecule has 1 aromatic carbocycles. The van der Waals surface area contributed by atoms with E-state index in [1.807, 2.05) is 0 Å². The summed E-state index contributed by atoms with van der Waals surface area (Å²) in [5, 5.41) is 9.64. The Hall–Kier alpha value is -0.800. The van der Waals surface area contributed by atoms with Gasteiger partial charge in [-0.05, 0) is 24.6 Å². The molecule has 0 saturated heterocycles. The summed E-state index contributed by atoms with van der Waals surface area (Å²) in [5.41, 5.74) is 0.711. The minimum atomic E-state index is -0.567. The van der Waals surface area contributed by atoms with Crippen molar-refractivity contribution < 1.29 is 14.2 Å². The highest BCUT2D eigenvalue weighted by Gasteiger charge is 2.06. The third kappa shape index (κ3) is 2.86. The zero-order valence-corrected chi connectivity index (χ0v) is 8.59. The fraction of sp³-hybridized carbons (Fsp3) is 0.400. The summed E-state index contributed by atoms with van der Waals surface area (Å²) in [5.74, 6) is 0.439. The van der Waals surface area contributed by atoms with Gasteiger partial charge < -0.3 is 9.84 Å². The Morgan fingerprint density at radius 1 is 1.57 bits per heavy atom. The van der Waals surface area contributed by atoms with Crippen molar-refractivity contribution in [2.75, 3.05) is 13.3 Å². The maximum atomic E-state index is 11.8. The highest BCUT2D eigenvalue weighted by molar-refractivity contribution is 6.32. The van der Waals surface area contributed by atoms with E-state index in [0.717, 1.165) is 0 Å². The zero-order valence-electron chi connectivity index (χ0n) is 7.84. The maximum absolute atomic E-state index is 11.8. The zero-order chi connectivity index (χ0) is 10.6. The van der Waals surface area contributed by atoms with Gasteiger partial charge in [0.15, 0.2) is 0 Å². The fourth-order valence-corrected chi connectivity index (χ4v) is 1.29. The van der Waals surface area contributed by atoms with Gasteiger partial charge in [0.1, 0.15) is 19.0 Å². The van der Waals surface area contributed by atoms with Crippen molar-refractivity contribution in [2.45, 2.75) is 13.0 Å². The Labute approximate surface area is 87.3 Å². The molecule has 1 N–H and O–H groups in total. The molecule has 0 heterocycles. The van der Waals surface area contributed by atoms with Crippen LogP contribution in [-0.2, 0) is 0 Å². The predicted octanol–water partition coefficient (Wildman–Crippen LogP) is 2.74. The highest BCUT2D eigenvalue weighted by Crippen LogP contribution is 2.27. The molecule has 78 valence electrons. The number of halogens is 2. The molecule has 4 heteroatoms. The second-order valence-electron chi connectivity index (χ2n) is 2.90. The summed E-state index contributed by atoms with van der Waals surface area (Å²) in [6.07, 6.45) is -0.567. The average molecular weight is 219 g/mol. The third-order valence-corrected chi connectivity index (χ3v) is 2.07. The van der Waals surface area contributed by atoms with Gasteiger partial charge in [0.25, 0.3) is 0 Å². The molecule has 0 aliphatic heterocycles. The van der Waals surface area contributed by atoms with E-state index in [1.165, 1.54) is 0 Å². The minimum Gasteiger partial charge on any atom is -0.489 e. The number of alkyl halides is 1. The van der Waals surface area contributed by atoms with E-state index >= 15 is 0 Å². The van der Waals surface area contributed by atoms with E-state index in [9.17, 15) is 9.50 Å². The molecule has 1 atom stereocenters. The number of benzene rings is 1. The van der Waals surface area contributed by atoms with Crippen molar-refractivity contribution in [3.05, 3.63) is 28.8 Å². The molecule has 0 aliphatic carbocycles. The van der Waals surface area contributed by atoms with Crippen LogP contribution in [-0.4, -0.2) is 18.4 Å². The first-order chi connectivity index (χ1) is 6.65. The molecule has 0 fully saturated rings. The Bertz CT molecular complexity index is 302. The van der Waals surface area contributed by atoms with Gasteiger partial charge in [0.05, 0.1) is 11.1 Å². The lowest BCUT2D eigenvalue weighted by molar-refractivity contribution is 0.199. The smallest absolute Gasteiger partial charge is 0.138 e. The number of hydrogen-bond acceptors (Lipinski definition) is 2. The molecule has 0 aliphatic rings. The molecule has 1 aromatic rings. The molecule has 0 radical (unpaired) electrons. The lowest BCUT2D eigenvalue weighted by atomic mass is 10.1. The topological polar surface area (TPSA) is 29.5 Å². The first-order valence-electron chi connectivity index (χ1n) is 4.31. The van der Waals surface area contributed by atoms with Crippen molar-refractivity contribution in [1.29, 1.82) is 0 Å². The van der Waals surface area contributed by atoms with Crippen LogP contribution in [0.15, 0.2) is 18.2 Å². The Balaban J connectivity index is 2.79. The van der Waals surface area contributed by atoms with Crippen LogP contribution >= 0.6 is 11.6 Å². The molecule has 0 bridgehead atoms. The molecular formula is C10H12ClFO2. The summed E-state index contributed by atoms with van der Waals surface area (Å²) in [6.45, 7) is 1.09. The Morgan fingerprint density at radius 2 is 2.29 bits per heavy atom.